The van der Waals surface area contributed by atoms with Gasteiger partial charge in [-0.2, -0.15) is 8.42 Å². The summed E-state index contributed by atoms with van der Waals surface area (Å²) in [5.41, 5.74) is 2.08. The Balaban J connectivity index is 1.15. The molecule has 3 aromatic carbocycles. The van der Waals surface area contributed by atoms with Gasteiger partial charge < -0.3 is 24.2 Å². The molecular weight excluding hydrogens is 748 g/mol. The molecule has 6 rings (SSSR count). The molecular formula is C35H35ClN6O7S3. The molecule has 0 saturated heterocycles. The molecule has 1 aliphatic heterocycles. The van der Waals surface area contributed by atoms with Crippen LogP contribution in [0.15, 0.2) is 109 Å². The van der Waals surface area contributed by atoms with Gasteiger partial charge in [-0.05, 0) is 35.4 Å². The van der Waals surface area contributed by atoms with Crippen molar-refractivity contribution < 1.29 is 30.6 Å². The predicted molar refractivity (Wildman–Crippen MR) is 204 cm³/mol. The highest BCUT2D eigenvalue weighted by molar-refractivity contribution is 8.12. The Kier molecular flexibility index (Phi) is 11.3. The minimum Gasteiger partial charge on any atom is -0.454 e. The fraction of sp³-hybridized carbons (Fsp3) is 0.200. The normalized spacial score (nSPS) is 15.2. The topological polar surface area (TPSA) is 162 Å². The van der Waals surface area contributed by atoms with Crippen LogP contribution in [-0.4, -0.2) is 71.4 Å². The van der Waals surface area contributed by atoms with Gasteiger partial charge >= 0.3 is 0 Å². The van der Waals surface area contributed by atoms with E-state index in [0.29, 0.717) is 45.3 Å². The molecule has 52 heavy (non-hydrogen) atoms. The van der Waals surface area contributed by atoms with Crippen molar-refractivity contribution in [2.45, 2.75) is 24.3 Å². The SMILES string of the molecule is CS(=O)(=O)OC(C(=O)NCCn1ccc2ncnc(Nc3ccc(OC4=CN(Cc5ccccc5)S(Cc5ccccc5)=C4)c(Cl)c3)c21)S(C)(=O)=O. The van der Waals surface area contributed by atoms with Gasteiger partial charge in [0.15, 0.2) is 21.4 Å². The lowest BCUT2D eigenvalue weighted by Crippen LogP contribution is -2.43. The maximum Gasteiger partial charge on any atom is 0.266 e. The van der Waals surface area contributed by atoms with Crippen molar-refractivity contribution in [3.63, 3.8) is 0 Å². The summed E-state index contributed by atoms with van der Waals surface area (Å²) < 4.78 is 62.0. The molecule has 0 fully saturated rings. The van der Waals surface area contributed by atoms with Gasteiger partial charge in [0.25, 0.3) is 21.5 Å². The van der Waals surface area contributed by atoms with Gasteiger partial charge in [0, 0.05) is 42.3 Å². The Morgan fingerprint density at radius 2 is 1.65 bits per heavy atom. The first-order valence-electron chi connectivity index (χ1n) is 15.8. The van der Waals surface area contributed by atoms with Crippen molar-refractivity contribution in [3.8, 4) is 5.75 Å². The number of aromatic nitrogens is 3. The Bertz CT molecular complexity index is 2370. The van der Waals surface area contributed by atoms with Crippen LogP contribution in [0.2, 0.25) is 5.02 Å². The number of carbonyl (C=O) groups excluding carboxylic acids is 1. The van der Waals surface area contributed by atoms with E-state index in [0.717, 1.165) is 18.6 Å². The van der Waals surface area contributed by atoms with Crippen LogP contribution >= 0.6 is 22.3 Å². The van der Waals surface area contributed by atoms with Crippen molar-refractivity contribution in [2.75, 3.05) is 24.4 Å². The molecule has 0 radical (unpaired) electrons. The summed E-state index contributed by atoms with van der Waals surface area (Å²) in [4.78, 5) is 21.3. The highest BCUT2D eigenvalue weighted by Crippen LogP contribution is 2.36. The number of allylic oxidation sites excluding steroid dienone is 1. The molecule has 5 aromatic rings. The summed E-state index contributed by atoms with van der Waals surface area (Å²) in [6.07, 6.45) is 6.55. The molecule has 2 unspecified atom stereocenters. The van der Waals surface area contributed by atoms with E-state index in [-0.39, 0.29) is 23.8 Å². The number of amides is 1. The number of nitrogens with zero attached hydrogens (tertiary/aromatic N) is 4. The Morgan fingerprint density at radius 3 is 2.33 bits per heavy atom. The molecule has 0 spiro atoms. The second-order valence-corrected chi connectivity index (χ2v) is 17.7. The average molecular weight is 783 g/mol. The molecule has 2 N–H and O–H groups in total. The third kappa shape index (κ3) is 9.57. The summed E-state index contributed by atoms with van der Waals surface area (Å²) in [5.74, 6) is 1.38. The van der Waals surface area contributed by atoms with Crippen LogP contribution in [-0.2, 0) is 47.8 Å². The maximum atomic E-state index is 12.6. The first kappa shape index (κ1) is 37.0. The van der Waals surface area contributed by atoms with E-state index in [1.165, 1.54) is 17.5 Å². The zero-order valence-corrected chi connectivity index (χ0v) is 31.3. The molecule has 1 amide bonds. The van der Waals surface area contributed by atoms with Crippen molar-refractivity contribution in [2.24, 2.45) is 0 Å². The number of carbonyl (C=O) groups is 1. The molecule has 272 valence electrons. The van der Waals surface area contributed by atoms with E-state index in [1.54, 1.807) is 29.0 Å². The lowest BCUT2D eigenvalue weighted by atomic mass is 10.2. The van der Waals surface area contributed by atoms with E-state index >= 15 is 0 Å². The number of nitrogens with one attached hydrogen (secondary N) is 2. The summed E-state index contributed by atoms with van der Waals surface area (Å²) in [7, 11) is -8.64. The largest absolute Gasteiger partial charge is 0.454 e. The van der Waals surface area contributed by atoms with Crippen LogP contribution in [0, 0.1) is 0 Å². The van der Waals surface area contributed by atoms with Crippen molar-refractivity contribution in [1.29, 1.82) is 0 Å². The van der Waals surface area contributed by atoms with E-state index in [9.17, 15) is 21.6 Å². The molecule has 2 atom stereocenters. The third-order valence-electron chi connectivity index (χ3n) is 7.65. The average Bonchev–Trinajstić information content (AvgIpc) is 3.68. The van der Waals surface area contributed by atoms with Crippen molar-refractivity contribution >= 4 is 76.0 Å². The summed E-state index contributed by atoms with van der Waals surface area (Å²) in [6, 6.07) is 27.7. The number of rotatable bonds is 15. The molecule has 0 saturated carbocycles. The highest BCUT2D eigenvalue weighted by Gasteiger charge is 2.33. The Hall–Kier alpha value is -4.74. The van der Waals surface area contributed by atoms with Crippen LogP contribution < -0.4 is 15.4 Å². The number of benzene rings is 3. The van der Waals surface area contributed by atoms with Crippen LogP contribution in [0.25, 0.3) is 11.0 Å². The number of anilines is 2. The predicted octanol–water partition coefficient (Wildman–Crippen LogP) is 5.21. The molecule has 0 bridgehead atoms. The van der Waals surface area contributed by atoms with Gasteiger partial charge in [-0.25, -0.2) is 22.6 Å². The van der Waals surface area contributed by atoms with E-state index < -0.39 is 31.3 Å². The molecule has 1 aliphatic rings. The molecule has 13 nitrogen and oxygen atoms in total. The molecule has 2 aromatic heterocycles. The zero-order chi connectivity index (χ0) is 36.9. The summed E-state index contributed by atoms with van der Waals surface area (Å²) >= 11 is 6.74. The summed E-state index contributed by atoms with van der Waals surface area (Å²) in [5, 5.41) is 8.21. The Labute approximate surface area is 309 Å². The van der Waals surface area contributed by atoms with Gasteiger partial charge in [-0.1, -0.05) is 82.9 Å². The van der Waals surface area contributed by atoms with Gasteiger partial charge in [-0.3, -0.25) is 4.79 Å². The number of fused-ring (bicyclic) bond motifs is 1. The first-order chi connectivity index (χ1) is 24.8. The number of hydrogen-bond donors (Lipinski definition) is 2. The van der Waals surface area contributed by atoms with Crippen molar-refractivity contribution in [3.05, 3.63) is 126 Å². The van der Waals surface area contributed by atoms with Crippen molar-refractivity contribution in [1.82, 2.24) is 24.2 Å². The van der Waals surface area contributed by atoms with Crippen LogP contribution in [0.3, 0.4) is 0 Å². The van der Waals surface area contributed by atoms with E-state index in [2.05, 4.69) is 58.7 Å². The minimum atomic E-state index is -4.22. The maximum absolute atomic E-state index is 12.6. The number of hydrogen-bond acceptors (Lipinski definition) is 11. The number of sulfone groups is 1. The standard InChI is InChI=1S/C35H35ClN6O7S3/c1-51(44,45)35(49-52(2,46)47)34(43)37-16-18-41-17-15-30-32(41)33(39-24-38-30)40-27-13-14-31(29(36)19-27)48-28-21-42(20-25-9-5-3-6-10-25)50(23-28)22-26-11-7-4-8-12-26/h3-15,17,19,21,23-24,35H,16,18,20,22H2,1-2H3,(H,37,43)(H,38,39,40). The molecule has 17 heteroatoms. The third-order valence-corrected chi connectivity index (χ3v) is 11.7. The smallest absolute Gasteiger partial charge is 0.266 e. The molecule has 3 heterocycles. The van der Waals surface area contributed by atoms with Gasteiger partial charge in [0.05, 0.1) is 29.5 Å². The lowest BCUT2D eigenvalue weighted by Gasteiger charge is -2.21. The second kappa shape index (κ2) is 15.9. The van der Waals surface area contributed by atoms with E-state index in [4.69, 9.17) is 16.3 Å². The number of ether oxygens (including phenoxy) is 1. The van der Waals surface area contributed by atoms with Crippen LogP contribution in [0.4, 0.5) is 11.5 Å². The quantitative estimate of drug-likeness (QED) is 0.106. The lowest BCUT2D eigenvalue weighted by molar-refractivity contribution is -0.124. The fourth-order valence-electron chi connectivity index (χ4n) is 5.34. The minimum absolute atomic E-state index is 0.0453. The molecule has 0 aliphatic carbocycles. The fourth-order valence-corrected chi connectivity index (χ4v) is 9.29. The van der Waals surface area contributed by atoms with Gasteiger partial charge in [0.1, 0.15) is 17.6 Å². The van der Waals surface area contributed by atoms with Gasteiger partial charge in [0.2, 0.25) is 0 Å². The van der Waals surface area contributed by atoms with Crippen LogP contribution in [0.5, 0.6) is 5.75 Å². The zero-order valence-electron chi connectivity index (χ0n) is 28.0. The van der Waals surface area contributed by atoms with E-state index in [1.807, 2.05) is 48.7 Å². The number of halogens is 1. The first-order valence-corrected chi connectivity index (χ1v) is 21.4. The van der Waals surface area contributed by atoms with Crippen LogP contribution in [0.1, 0.15) is 11.1 Å². The van der Waals surface area contributed by atoms with Gasteiger partial charge in [-0.15, -0.1) is 0 Å². The Morgan fingerprint density at radius 1 is 0.942 bits per heavy atom. The summed E-state index contributed by atoms with van der Waals surface area (Å²) in [6.45, 7) is 0.867. The second-order valence-electron chi connectivity index (χ2n) is 11.8. The monoisotopic (exact) mass is 782 g/mol. The highest BCUT2D eigenvalue weighted by atomic mass is 35.5.